The van der Waals surface area contributed by atoms with Crippen LogP contribution >= 0.6 is 36.1 Å². The Balaban J connectivity index is 0.00000833. The topological polar surface area (TPSA) is 347 Å². The molecule has 49 heavy (non-hydrogen) atoms. The van der Waals surface area contributed by atoms with E-state index in [0.29, 0.717) is 12.3 Å². The zero-order valence-electron chi connectivity index (χ0n) is 25.5. The smallest absolute Gasteiger partial charge is 0.386 e. The minimum atomic E-state index is -5.54. The number of aromatic nitrogens is 4. The quantitative estimate of drug-likeness (QED) is 0.0455. The van der Waals surface area contributed by atoms with E-state index in [9.17, 15) is 53.1 Å². The van der Waals surface area contributed by atoms with Crippen molar-refractivity contribution >= 4 is 64.9 Å². The Morgan fingerprint density at radius 2 is 1.76 bits per heavy atom. The van der Waals surface area contributed by atoms with Gasteiger partial charge in [0.1, 0.15) is 36.3 Å². The van der Waals surface area contributed by atoms with E-state index in [2.05, 4.69) is 47.0 Å². The molecule has 3 rings (SSSR count). The summed E-state index contributed by atoms with van der Waals surface area (Å²) in [6, 6.07) is 0. The van der Waals surface area contributed by atoms with E-state index in [4.69, 9.17) is 19.5 Å². The van der Waals surface area contributed by atoms with Crippen molar-refractivity contribution in [3.63, 3.8) is 0 Å². The summed E-state index contributed by atoms with van der Waals surface area (Å²) in [5, 5.41) is 26.1. The molecule has 10 N–H and O–H groups in total. The second kappa shape index (κ2) is 17.9. The number of aliphatic hydroxyl groups is 2. The van der Waals surface area contributed by atoms with Crippen LogP contribution in [0.1, 0.15) is 26.5 Å². The maximum Gasteiger partial charge on any atom is 0.481 e. The number of aliphatic hydroxyl groups excluding tert-OH is 2. The number of anilines is 1. The number of carbonyl (C=O) groups excluding carboxylic acids is 2. The predicted molar refractivity (Wildman–Crippen MR) is 163 cm³/mol. The standard InChI is InChI=1S/C21H36N7O16P3S.Ag/c1-21(2,16(31)19(32)24-4-3-12(29)23-5-6-48)8-41-47(38,39)44-46(36,37)40-7-11-15(43-45(33,34)35)14(30)20(42-11)28-10-27-13-17(22)25-9-26-18(13)28;/h9-11,14-16,20,30-31,48H,3-8H2,1-2H3,(H,23,29)(H,24,32)(H,36,37)(H,38,39)(H2,22,25,26)(H2,33,34,35);/t11-,14-,15-,16+,20-;/m1./s1. The molecular formula is C21H36AgN7O16P3S. The van der Waals surface area contributed by atoms with Crippen LogP contribution in [-0.4, -0.2) is 118 Å². The van der Waals surface area contributed by atoms with Gasteiger partial charge < -0.3 is 50.9 Å². The Morgan fingerprint density at radius 1 is 1.10 bits per heavy atom. The predicted octanol–water partition coefficient (Wildman–Crippen LogP) is -1.67. The number of nitrogen functional groups attached to an aromatic ring is 1. The first-order valence-corrected chi connectivity index (χ1v) is 18.8. The Bertz CT molecular complexity index is 1600. The number of carbonyl (C=O) groups is 2. The number of fused-ring (bicyclic) bond motifs is 1. The molecule has 1 saturated heterocycles. The maximum atomic E-state index is 12.6. The van der Waals surface area contributed by atoms with Crippen LogP contribution in [0.4, 0.5) is 5.82 Å². The van der Waals surface area contributed by atoms with Crippen molar-refractivity contribution in [3.8, 4) is 0 Å². The SMILES string of the molecule is CC(C)(COP(=O)(O)OP(=O)(O)OC[C@H]1O[C@@H](n2cnc3c(N)ncnc32)[C@H](O)[C@@H]1OP(=O)(O)O)[C@@H](O)C(=O)NCCC(=O)NCCS.[Ag]. The van der Waals surface area contributed by atoms with Crippen LogP contribution in [0.25, 0.3) is 11.2 Å². The fourth-order valence-corrected chi connectivity index (χ4v) is 7.08. The molecule has 1 aliphatic heterocycles. The van der Waals surface area contributed by atoms with Gasteiger partial charge in [-0.25, -0.2) is 28.6 Å². The van der Waals surface area contributed by atoms with Gasteiger partial charge in [-0.2, -0.15) is 16.9 Å². The van der Waals surface area contributed by atoms with Crippen LogP contribution in [0.15, 0.2) is 12.7 Å². The van der Waals surface area contributed by atoms with Crippen LogP contribution in [-0.2, 0) is 68.3 Å². The van der Waals surface area contributed by atoms with E-state index in [-0.39, 0.29) is 58.2 Å². The number of phosphoric ester groups is 3. The molecular weight excluding hydrogens is 839 g/mol. The monoisotopic (exact) mass is 874 g/mol. The number of thiol groups is 1. The summed E-state index contributed by atoms with van der Waals surface area (Å²) in [5.41, 5.74) is 4.30. The largest absolute Gasteiger partial charge is 0.481 e. The number of nitrogens with zero attached hydrogens (tertiary/aromatic N) is 4. The van der Waals surface area contributed by atoms with Gasteiger partial charge in [-0.3, -0.25) is 27.7 Å². The third-order valence-electron chi connectivity index (χ3n) is 6.51. The fourth-order valence-electron chi connectivity index (χ4n) is 4.14. The number of amides is 2. The second-order valence-electron chi connectivity index (χ2n) is 10.8. The maximum absolute atomic E-state index is 12.6. The average Bonchev–Trinajstić information content (AvgIpc) is 3.54. The molecule has 23 nitrogen and oxygen atoms in total. The van der Waals surface area contributed by atoms with Crippen LogP contribution in [0.3, 0.4) is 0 Å². The van der Waals surface area contributed by atoms with E-state index in [1.165, 1.54) is 13.8 Å². The molecule has 0 bridgehead atoms. The molecule has 0 aromatic carbocycles. The van der Waals surface area contributed by atoms with E-state index in [1.54, 1.807) is 0 Å². The zero-order valence-corrected chi connectivity index (χ0v) is 30.6. The minimum Gasteiger partial charge on any atom is -0.386 e. The Hall–Kier alpha value is -1.37. The third kappa shape index (κ3) is 12.7. The number of ether oxygens (including phenoxy) is 1. The van der Waals surface area contributed by atoms with Crippen molar-refractivity contribution < 1.29 is 98.1 Å². The summed E-state index contributed by atoms with van der Waals surface area (Å²) in [5.74, 6) is -0.943. The third-order valence-corrected chi connectivity index (χ3v) is 9.83. The number of hydrogen-bond donors (Lipinski definition) is 10. The van der Waals surface area contributed by atoms with Crippen molar-refractivity contribution in [1.82, 2.24) is 30.2 Å². The van der Waals surface area contributed by atoms with Gasteiger partial charge in [-0.05, 0) is 0 Å². The number of imidazole rings is 1. The van der Waals surface area contributed by atoms with Crippen molar-refractivity contribution in [3.05, 3.63) is 12.7 Å². The molecule has 2 aromatic heterocycles. The summed E-state index contributed by atoms with van der Waals surface area (Å²) in [6.07, 6.45) is -6.74. The first kappa shape index (κ1) is 43.8. The number of nitrogens with two attached hydrogens (primary N) is 1. The first-order valence-electron chi connectivity index (χ1n) is 13.7. The van der Waals surface area contributed by atoms with Crippen molar-refractivity contribution in [2.75, 3.05) is 37.8 Å². The average molecular weight is 875 g/mol. The molecule has 1 fully saturated rings. The summed E-state index contributed by atoms with van der Waals surface area (Å²) in [4.78, 5) is 74.6. The molecule has 28 heteroatoms. The summed E-state index contributed by atoms with van der Waals surface area (Å²) in [7, 11) is -16.3. The molecule has 1 aliphatic rings. The summed E-state index contributed by atoms with van der Waals surface area (Å²) < 4.78 is 61.7. The Labute approximate surface area is 299 Å². The van der Waals surface area contributed by atoms with Gasteiger partial charge in [0.15, 0.2) is 17.7 Å². The summed E-state index contributed by atoms with van der Waals surface area (Å²) in [6.45, 7) is 0.723. The van der Waals surface area contributed by atoms with Gasteiger partial charge in [0, 0.05) is 53.1 Å². The van der Waals surface area contributed by atoms with E-state index in [1.807, 2.05) is 0 Å². The number of phosphoric acid groups is 3. The van der Waals surface area contributed by atoms with Gasteiger partial charge >= 0.3 is 23.5 Å². The number of hydrogen-bond acceptors (Lipinski definition) is 17. The molecule has 0 aliphatic carbocycles. The van der Waals surface area contributed by atoms with Crippen LogP contribution < -0.4 is 16.4 Å². The van der Waals surface area contributed by atoms with Gasteiger partial charge in [0.25, 0.3) is 0 Å². The van der Waals surface area contributed by atoms with E-state index in [0.717, 1.165) is 17.2 Å². The molecule has 0 spiro atoms. The van der Waals surface area contributed by atoms with Crippen molar-refractivity contribution in [2.45, 2.75) is 50.9 Å². The molecule has 283 valence electrons. The van der Waals surface area contributed by atoms with Gasteiger partial charge in [0.05, 0.1) is 19.5 Å². The van der Waals surface area contributed by atoms with Gasteiger partial charge in [-0.15, -0.1) is 0 Å². The number of nitrogens with one attached hydrogen (secondary N) is 2. The summed E-state index contributed by atoms with van der Waals surface area (Å²) >= 11 is 3.95. The zero-order chi connectivity index (χ0) is 36.1. The second-order valence-corrected chi connectivity index (χ2v) is 15.5. The van der Waals surface area contributed by atoms with Crippen LogP contribution in [0.5, 0.6) is 0 Å². The minimum absolute atomic E-state index is 0. The molecule has 2 unspecified atom stereocenters. The normalized spacial score (nSPS) is 22.9. The van der Waals surface area contributed by atoms with Crippen molar-refractivity contribution in [2.24, 2.45) is 5.41 Å². The van der Waals surface area contributed by atoms with Gasteiger partial charge in [0.2, 0.25) is 11.8 Å². The molecule has 2 amide bonds. The molecule has 1 radical (unpaired) electrons. The van der Waals surface area contributed by atoms with Gasteiger partial charge in [-0.1, -0.05) is 13.8 Å². The Kier molecular flexibility index (Phi) is 16.0. The van der Waals surface area contributed by atoms with Crippen LogP contribution in [0.2, 0.25) is 0 Å². The number of rotatable bonds is 18. The molecule has 3 heterocycles. The molecule has 2 aromatic rings. The van der Waals surface area contributed by atoms with Crippen molar-refractivity contribution in [1.29, 1.82) is 0 Å². The fraction of sp³-hybridized carbons (Fsp3) is 0.667. The van der Waals surface area contributed by atoms with E-state index < -0.39 is 78.6 Å². The Morgan fingerprint density at radius 3 is 2.39 bits per heavy atom. The molecule has 0 saturated carbocycles. The van der Waals surface area contributed by atoms with Crippen LogP contribution in [0, 0.1) is 5.41 Å². The first-order chi connectivity index (χ1) is 22.2. The van der Waals surface area contributed by atoms with E-state index >= 15 is 0 Å². The molecule has 7 atom stereocenters.